The molecule has 6 heteroatoms. The summed E-state index contributed by atoms with van der Waals surface area (Å²) in [4.78, 5) is 10.9. The van der Waals surface area contributed by atoms with Gasteiger partial charge in [-0.3, -0.25) is 4.79 Å². The van der Waals surface area contributed by atoms with Crippen molar-refractivity contribution in [3.05, 3.63) is 24.1 Å². The highest BCUT2D eigenvalue weighted by Gasteiger charge is 2.27. The molecule has 0 saturated carbocycles. The highest BCUT2D eigenvalue weighted by Crippen LogP contribution is 2.12. The summed E-state index contributed by atoms with van der Waals surface area (Å²) >= 11 is 0. The van der Waals surface area contributed by atoms with E-state index in [-0.39, 0.29) is 6.42 Å². The van der Waals surface area contributed by atoms with E-state index in [0.717, 1.165) is 6.08 Å². The van der Waals surface area contributed by atoms with E-state index in [9.17, 15) is 22.4 Å². The highest BCUT2D eigenvalue weighted by molar-refractivity contribution is 5.78. The molecule has 0 spiro atoms. The molecule has 0 fully saturated rings. The van der Waals surface area contributed by atoms with E-state index in [1.54, 1.807) is 5.32 Å². The van der Waals surface area contributed by atoms with Gasteiger partial charge in [-0.05, 0) is 13.0 Å². The monoisotopic (exact) mass is 255 g/mol. The van der Waals surface area contributed by atoms with Crippen LogP contribution in [0.1, 0.15) is 27.2 Å². The molecule has 2 nitrogen and oxygen atoms in total. The second-order valence-electron chi connectivity index (χ2n) is 3.01. The van der Waals surface area contributed by atoms with Crippen molar-refractivity contribution in [1.82, 2.24) is 5.32 Å². The van der Waals surface area contributed by atoms with Gasteiger partial charge in [-0.1, -0.05) is 26.0 Å². The normalized spacial score (nSPS) is 11.4. The Balaban J connectivity index is 0. The number of rotatable bonds is 4. The minimum Gasteiger partial charge on any atom is -0.347 e. The van der Waals surface area contributed by atoms with Crippen LogP contribution >= 0.6 is 0 Å². The van der Waals surface area contributed by atoms with E-state index in [0.29, 0.717) is 5.57 Å². The van der Waals surface area contributed by atoms with Gasteiger partial charge in [-0.2, -0.15) is 13.2 Å². The molecule has 0 rings (SSSR count). The van der Waals surface area contributed by atoms with Gasteiger partial charge in [0.15, 0.2) is 0 Å². The summed E-state index contributed by atoms with van der Waals surface area (Å²) in [6.07, 6.45) is -3.72. The largest absolute Gasteiger partial charge is 0.405 e. The fraction of sp³-hybridized carbons (Fsp3) is 0.545. The molecule has 0 saturated heterocycles. The zero-order valence-electron chi connectivity index (χ0n) is 10.1. The molecule has 1 N–H and O–H groups in total. The Hall–Kier alpha value is -1.33. The number of halogens is 4. The minimum atomic E-state index is -4.43. The van der Waals surface area contributed by atoms with E-state index in [2.05, 4.69) is 6.58 Å². The SMILES string of the molecule is C=C(F)/C=C(\C)CC(=O)NCC(F)(F)F.CC. The predicted molar refractivity (Wildman–Crippen MR) is 59.0 cm³/mol. The van der Waals surface area contributed by atoms with Crippen molar-refractivity contribution < 1.29 is 22.4 Å². The molecular formula is C11H17F4NO. The number of hydrogen-bond acceptors (Lipinski definition) is 1. The van der Waals surface area contributed by atoms with Crippen LogP contribution < -0.4 is 5.32 Å². The summed E-state index contributed by atoms with van der Waals surface area (Å²) in [6, 6.07) is 0. The van der Waals surface area contributed by atoms with Gasteiger partial charge in [-0.15, -0.1) is 0 Å². The maximum absolute atomic E-state index is 12.2. The quantitative estimate of drug-likeness (QED) is 0.604. The van der Waals surface area contributed by atoms with Crippen LogP contribution in [0, 0.1) is 0 Å². The molecule has 17 heavy (non-hydrogen) atoms. The van der Waals surface area contributed by atoms with Crippen molar-refractivity contribution in [1.29, 1.82) is 0 Å². The lowest BCUT2D eigenvalue weighted by Crippen LogP contribution is -2.33. The Bertz CT molecular complexity index is 282. The average Bonchev–Trinajstić information content (AvgIpc) is 2.15. The number of alkyl halides is 3. The summed E-state index contributed by atoms with van der Waals surface area (Å²) in [7, 11) is 0. The lowest BCUT2D eigenvalue weighted by atomic mass is 10.2. The van der Waals surface area contributed by atoms with Crippen LogP contribution in [0.25, 0.3) is 0 Å². The van der Waals surface area contributed by atoms with Gasteiger partial charge in [-0.25, -0.2) is 4.39 Å². The van der Waals surface area contributed by atoms with Crippen LogP contribution in [0.5, 0.6) is 0 Å². The van der Waals surface area contributed by atoms with Crippen molar-refractivity contribution in [2.24, 2.45) is 0 Å². The van der Waals surface area contributed by atoms with Gasteiger partial charge in [0.2, 0.25) is 5.91 Å². The fourth-order valence-corrected chi connectivity index (χ4v) is 0.833. The maximum Gasteiger partial charge on any atom is 0.405 e. The number of hydrogen-bond donors (Lipinski definition) is 1. The number of amides is 1. The van der Waals surface area contributed by atoms with Crippen molar-refractivity contribution in [3.8, 4) is 0 Å². The Labute approximate surface area is 98.4 Å². The van der Waals surface area contributed by atoms with Gasteiger partial charge in [0.1, 0.15) is 12.4 Å². The van der Waals surface area contributed by atoms with Gasteiger partial charge < -0.3 is 5.32 Å². The molecule has 0 radical (unpaired) electrons. The van der Waals surface area contributed by atoms with Crippen LogP contribution in [0.3, 0.4) is 0 Å². The second-order valence-corrected chi connectivity index (χ2v) is 3.01. The Morgan fingerprint density at radius 1 is 1.35 bits per heavy atom. The third kappa shape index (κ3) is 14.7. The summed E-state index contributed by atoms with van der Waals surface area (Å²) in [6.45, 7) is 6.98. The molecule has 0 aliphatic heterocycles. The molecule has 0 aromatic rings. The summed E-state index contributed by atoms with van der Waals surface area (Å²) < 4.78 is 47.2. The van der Waals surface area contributed by atoms with Crippen LogP contribution in [-0.2, 0) is 4.79 Å². The highest BCUT2D eigenvalue weighted by atomic mass is 19.4. The van der Waals surface area contributed by atoms with E-state index in [1.807, 2.05) is 13.8 Å². The Morgan fingerprint density at radius 3 is 2.18 bits per heavy atom. The molecular weight excluding hydrogens is 238 g/mol. The second kappa shape index (κ2) is 8.78. The molecule has 0 atom stereocenters. The van der Waals surface area contributed by atoms with Crippen molar-refractivity contribution >= 4 is 5.91 Å². The first-order valence-corrected chi connectivity index (χ1v) is 5.06. The molecule has 0 aliphatic rings. The summed E-state index contributed by atoms with van der Waals surface area (Å²) in [5.41, 5.74) is 0.308. The molecule has 0 heterocycles. The first-order chi connectivity index (χ1) is 7.70. The van der Waals surface area contributed by atoms with E-state index >= 15 is 0 Å². The molecule has 0 bridgehead atoms. The number of allylic oxidation sites excluding steroid dienone is 2. The summed E-state index contributed by atoms with van der Waals surface area (Å²) in [5.74, 6) is -1.54. The van der Waals surface area contributed by atoms with E-state index in [1.165, 1.54) is 6.92 Å². The average molecular weight is 255 g/mol. The topological polar surface area (TPSA) is 29.1 Å². The van der Waals surface area contributed by atoms with Crippen molar-refractivity contribution in [2.45, 2.75) is 33.4 Å². The zero-order chi connectivity index (χ0) is 14.1. The first kappa shape index (κ1) is 18.0. The number of carbonyl (C=O) groups excluding carboxylic acids is 1. The molecule has 0 aromatic carbocycles. The Morgan fingerprint density at radius 2 is 1.82 bits per heavy atom. The van der Waals surface area contributed by atoms with Crippen molar-refractivity contribution in [3.63, 3.8) is 0 Å². The van der Waals surface area contributed by atoms with Gasteiger partial charge in [0.05, 0.1) is 0 Å². The predicted octanol–water partition coefficient (Wildman–Crippen LogP) is 3.51. The third-order valence-corrected chi connectivity index (χ3v) is 1.33. The van der Waals surface area contributed by atoms with Gasteiger partial charge >= 0.3 is 6.18 Å². The fourth-order valence-electron chi connectivity index (χ4n) is 0.833. The molecule has 0 unspecified atom stereocenters. The maximum atomic E-state index is 12.2. The molecule has 0 aromatic heterocycles. The summed E-state index contributed by atoms with van der Waals surface area (Å²) in [5, 5.41) is 1.67. The Kier molecular flexibility index (Phi) is 9.32. The lowest BCUT2D eigenvalue weighted by Gasteiger charge is -2.08. The van der Waals surface area contributed by atoms with Gasteiger partial charge in [0.25, 0.3) is 0 Å². The minimum absolute atomic E-state index is 0.279. The third-order valence-electron chi connectivity index (χ3n) is 1.33. The molecule has 100 valence electrons. The number of nitrogens with one attached hydrogen (secondary N) is 1. The van der Waals surface area contributed by atoms with Crippen LogP contribution in [-0.4, -0.2) is 18.6 Å². The zero-order valence-corrected chi connectivity index (χ0v) is 10.1. The van der Waals surface area contributed by atoms with Crippen LogP contribution in [0.2, 0.25) is 0 Å². The molecule has 1 amide bonds. The first-order valence-electron chi connectivity index (χ1n) is 5.06. The smallest absolute Gasteiger partial charge is 0.347 e. The van der Waals surface area contributed by atoms with Gasteiger partial charge in [0, 0.05) is 6.42 Å². The molecule has 0 aliphatic carbocycles. The standard InChI is InChI=1S/C9H11F4NO.C2H6/c1-6(3-7(2)10)4-8(15)14-5-9(11,12)13;1-2/h3H,2,4-5H2,1H3,(H,14,15);1-2H3/b6-3+;. The lowest BCUT2D eigenvalue weighted by molar-refractivity contribution is -0.138. The van der Waals surface area contributed by atoms with E-state index in [4.69, 9.17) is 0 Å². The van der Waals surface area contributed by atoms with Crippen molar-refractivity contribution in [2.75, 3.05) is 6.54 Å². The van der Waals surface area contributed by atoms with E-state index < -0.39 is 24.5 Å². The van der Waals surface area contributed by atoms with Crippen LogP contribution in [0.4, 0.5) is 17.6 Å². The van der Waals surface area contributed by atoms with Crippen LogP contribution in [0.15, 0.2) is 24.1 Å². The number of carbonyl (C=O) groups is 1.